The largest absolute Gasteiger partial charge is 0.309 e. The highest BCUT2D eigenvalue weighted by Crippen LogP contribution is 2.26. The Morgan fingerprint density at radius 1 is 1.45 bits per heavy atom. The Labute approximate surface area is 129 Å². The maximum Gasteiger partial charge on any atom is 0.0537 e. The van der Waals surface area contributed by atoms with Gasteiger partial charge in [0.05, 0.1) is 6.20 Å². The van der Waals surface area contributed by atoms with Gasteiger partial charge in [-0.1, -0.05) is 24.6 Å². The van der Waals surface area contributed by atoms with Crippen LogP contribution in [0.1, 0.15) is 24.9 Å². The third kappa shape index (κ3) is 4.54. The lowest BCUT2D eigenvalue weighted by molar-refractivity contribution is 0.577. The van der Waals surface area contributed by atoms with E-state index in [1.54, 1.807) is 0 Å². The third-order valence-electron chi connectivity index (χ3n) is 2.98. The number of thioether (sulfide) groups is 1. The first-order valence-corrected chi connectivity index (χ1v) is 8.15. The number of hydrogen-bond donors (Lipinski definition) is 1. The van der Waals surface area contributed by atoms with E-state index in [4.69, 9.17) is 11.6 Å². The molecular formula is C15H20ClN3S. The van der Waals surface area contributed by atoms with Gasteiger partial charge in [-0.2, -0.15) is 5.10 Å². The van der Waals surface area contributed by atoms with Crippen molar-refractivity contribution < 1.29 is 0 Å². The molecule has 20 heavy (non-hydrogen) atoms. The highest BCUT2D eigenvalue weighted by Gasteiger charge is 2.13. The quantitative estimate of drug-likeness (QED) is 0.787. The zero-order valence-corrected chi connectivity index (χ0v) is 13.4. The summed E-state index contributed by atoms with van der Waals surface area (Å²) in [6.07, 6.45) is 5.14. The van der Waals surface area contributed by atoms with Gasteiger partial charge in [0, 0.05) is 40.5 Å². The van der Waals surface area contributed by atoms with Gasteiger partial charge in [0.25, 0.3) is 0 Å². The van der Waals surface area contributed by atoms with Crippen LogP contribution in [-0.2, 0) is 7.05 Å². The van der Waals surface area contributed by atoms with Crippen molar-refractivity contribution in [3.63, 3.8) is 0 Å². The predicted molar refractivity (Wildman–Crippen MR) is 86.4 cm³/mol. The second-order valence-electron chi connectivity index (χ2n) is 4.72. The number of nitrogens with zero attached hydrogens (tertiary/aromatic N) is 2. The van der Waals surface area contributed by atoms with Gasteiger partial charge in [-0.25, -0.2) is 0 Å². The lowest BCUT2D eigenvalue weighted by Gasteiger charge is -2.16. The van der Waals surface area contributed by atoms with Crippen LogP contribution in [0.15, 0.2) is 41.6 Å². The van der Waals surface area contributed by atoms with Crippen molar-refractivity contribution in [3.05, 3.63) is 47.2 Å². The van der Waals surface area contributed by atoms with Crippen molar-refractivity contribution >= 4 is 23.4 Å². The average molecular weight is 310 g/mol. The van der Waals surface area contributed by atoms with E-state index in [1.165, 1.54) is 10.5 Å². The first-order chi connectivity index (χ1) is 9.69. The second-order valence-corrected chi connectivity index (χ2v) is 6.25. The van der Waals surface area contributed by atoms with Gasteiger partial charge in [-0.05, 0) is 31.2 Å². The van der Waals surface area contributed by atoms with E-state index in [0.717, 1.165) is 23.7 Å². The molecule has 1 unspecified atom stereocenters. The summed E-state index contributed by atoms with van der Waals surface area (Å²) in [5.74, 6) is 0.964. The topological polar surface area (TPSA) is 29.9 Å². The van der Waals surface area contributed by atoms with Gasteiger partial charge >= 0.3 is 0 Å². The summed E-state index contributed by atoms with van der Waals surface area (Å²) >= 11 is 7.84. The maximum atomic E-state index is 6.02. The van der Waals surface area contributed by atoms with E-state index in [9.17, 15) is 0 Å². The zero-order chi connectivity index (χ0) is 14.4. The van der Waals surface area contributed by atoms with Crippen LogP contribution in [-0.4, -0.2) is 22.1 Å². The van der Waals surface area contributed by atoms with Crippen LogP contribution in [0.25, 0.3) is 0 Å². The molecule has 2 rings (SSSR count). The third-order valence-corrected chi connectivity index (χ3v) is 4.30. The molecule has 1 aromatic carbocycles. The van der Waals surface area contributed by atoms with Crippen molar-refractivity contribution in [2.75, 3.05) is 12.3 Å². The Morgan fingerprint density at radius 2 is 2.30 bits per heavy atom. The average Bonchev–Trinajstić information content (AvgIpc) is 2.85. The maximum absolute atomic E-state index is 6.02. The fourth-order valence-electron chi connectivity index (χ4n) is 1.95. The summed E-state index contributed by atoms with van der Waals surface area (Å²) in [5, 5.41) is 8.62. The molecule has 108 valence electrons. The number of nitrogens with one attached hydrogen (secondary N) is 1. The van der Waals surface area contributed by atoms with E-state index in [0.29, 0.717) is 6.04 Å². The monoisotopic (exact) mass is 309 g/mol. The molecule has 1 heterocycles. The summed E-state index contributed by atoms with van der Waals surface area (Å²) in [6, 6.07) is 8.30. The molecule has 0 aliphatic heterocycles. The molecule has 0 radical (unpaired) electrons. The lowest BCUT2D eigenvalue weighted by Crippen LogP contribution is -2.23. The van der Waals surface area contributed by atoms with Crippen LogP contribution in [0.5, 0.6) is 0 Å². The second kappa shape index (κ2) is 7.72. The van der Waals surface area contributed by atoms with Gasteiger partial charge in [-0.3, -0.25) is 4.68 Å². The normalized spacial score (nSPS) is 12.6. The Hall–Kier alpha value is -0.970. The number of aromatic nitrogens is 2. The number of aryl methyl sites for hydroxylation is 1. The van der Waals surface area contributed by atoms with Crippen LogP contribution >= 0.6 is 23.4 Å². The molecule has 3 nitrogen and oxygen atoms in total. The molecule has 0 saturated carbocycles. The van der Waals surface area contributed by atoms with E-state index in [1.807, 2.05) is 47.9 Å². The molecule has 5 heteroatoms. The smallest absolute Gasteiger partial charge is 0.0537 e. The summed E-state index contributed by atoms with van der Waals surface area (Å²) in [4.78, 5) is 1.20. The Balaban J connectivity index is 2.00. The van der Waals surface area contributed by atoms with Crippen LogP contribution in [0.2, 0.25) is 5.02 Å². The summed E-state index contributed by atoms with van der Waals surface area (Å²) in [6.45, 7) is 3.19. The number of benzene rings is 1. The minimum Gasteiger partial charge on any atom is -0.309 e. The minimum atomic E-state index is 0.313. The van der Waals surface area contributed by atoms with Gasteiger partial charge in [-0.15, -0.1) is 11.8 Å². The van der Waals surface area contributed by atoms with Crippen molar-refractivity contribution in [2.24, 2.45) is 7.05 Å². The van der Waals surface area contributed by atoms with E-state index in [-0.39, 0.29) is 0 Å². The first-order valence-electron chi connectivity index (χ1n) is 6.79. The molecule has 1 N–H and O–H groups in total. The predicted octanol–water partition coefficient (Wildman–Crippen LogP) is 3.91. The number of halogens is 1. The number of hydrogen-bond acceptors (Lipinski definition) is 3. The van der Waals surface area contributed by atoms with Crippen LogP contribution < -0.4 is 5.32 Å². The molecule has 0 spiro atoms. The highest BCUT2D eigenvalue weighted by molar-refractivity contribution is 7.99. The van der Waals surface area contributed by atoms with Gasteiger partial charge in [0.15, 0.2) is 0 Å². The van der Waals surface area contributed by atoms with Gasteiger partial charge in [0.1, 0.15) is 0 Å². The van der Waals surface area contributed by atoms with Crippen molar-refractivity contribution in [1.29, 1.82) is 0 Å². The van der Waals surface area contributed by atoms with E-state index < -0.39 is 0 Å². The molecule has 0 aliphatic carbocycles. The van der Waals surface area contributed by atoms with Crippen LogP contribution in [0.3, 0.4) is 0 Å². The molecule has 1 aromatic heterocycles. The first kappa shape index (κ1) is 15.4. The molecule has 0 saturated heterocycles. The van der Waals surface area contributed by atoms with Crippen LogP contribution in [0.4, 0.5) is 0 Å². The van der Waals surface area contributed by atoms with Crippen LogP contribution in [0, 0.1) is 0 Å². The summed E-state index contributed by atoms with van der Waals surface area (Å²) < 4.78 is 1.85. The zero-order valence-electron chi connectivity index (χ0n) is 11.8. The Kier molecular flexibility index (Phi) is 5.95. The van der Waals surface area contributed by atoms with E-state index >= 15 is 0 Å². The van der Waals surface area contributed by atoms with Gasteiger partial charge < -0.3 is 5.32 Å². The Morgan fingerprint density at radius 3 is 2.95 bits per heavy atom. The number of rotatable bonds is 7. The fraction of sp³-hybridized carbons (Fsp3) is 0.400. The molecule has 0 bridgehead atoms. The fourth-order valence-corrected chi connectivity index (χ4v) is 3.26. The molecule has 1 atom stereocenters. The molecule has 0 fully saturated rings. The van der Waals surface area contributed by atoms with E-state index in [2.05, 4.69) is 29.6 Å². The minimum absolute atomic E-state index is 0.313. The van der Waals surface area contributed by atoms with Gasteiger partial charge in [0.2, 0.25) is 0 Å². The molecule has 2 aromatic rings. The molecular weight excluding hydrogens is 290 g/mol. The lowest BCUT2D eigenvalue weighted by atomic mass is 10.2. The summed E-state index contributed by atoms with van der Waals surface area (Å²) in [7, 11) is 1.95. The summed E-state index contributed by atoms with van der Waals surface area (Å²) in [5.41, 5.74) is 1.23. The molecule has 0 amide bonds. The molecule has 0 aliphatic rings. The van der Waals surface area contributed by atoms with Crippen molar-refractivity contribution in [3.8, 4) is 0 Å². The SMILES string of the molecule is CCCNC(CSc1cccc(Cl)c1)c1cnn(C)c1. The standard InChI is InChI=1S/C15H20ClN3S/c1-3-7-17-15(12-9-18-19(2)10-12)11-20-14-6-4-5-13(16)8-14/h4-6,8-10,15,17H,3,7,11H2,1-2H3. The highest BCUT2D eigenvalue weighted by atomic mass is 35.5. The van der Waals surface area contributed by atoms with Crippen molar-refractivity contribution in [1.82, 2.24) is 15.1 Å². The van der Waals surface area contributed by atoms with Crippen molar-refractivity contribution in [2.45, 2.75) is 24.3 Å². The Bertz CT molecular complexity index is 541.